The van der Waals surface area contributed by atoms with Crippen molar-refractivity contribution in [3.05, 3.63) is 65.7 Å². The minimum atomic E-state index is -0.0116. The number of hydrogen-bond acceptors (Lipinski definition) is 2. The lowest BCUT2D eigenvalue weighted by atomic mass is 9.98. The molecule has 146 valence electrons. The number of rotatable bonds is 8. The Balaban J connectivity index is 1.91. The highest BCUT2D eigenvalue weighted by atomic mass is 16.1. The molecule has 3 rings (SSSR count). The fourth-order valence-electron chi connectivity index (χ4n) is 3.59. The van der Waals surface area contributed by atoms with Gasteiger partial charge in [0.2, 0.25) is 0 Å². The number of unbranched alkanes of at least 4 members (excludes halogenated alkanes) is 1. The average molecular weight is 375 g/mol. The van der Waals surface area contributed by atoms with Crippen molar-refractivity contribution < 1.29 is 4.79 Å². The second kappa shape index (κ2) is 9.50. The number of amides is 1. The van der Waals surface area contributed by atoms with Crippen molar-refractivity contribution in [2.45, 2.75) is 46.5 Å². The summed E-state index contributed by atoms with van der Waals surface area (Å²) in [7, 11) is 0. The van der Waals surface area contributed by atoms with E-state index in [9.17, 15) is 4.79 Å². The molecule has 1 amide bonds. The Bertz CT molecular complexity index is 948. The maximum atomic E-state index is 13.1. The molecule has 2 aromatic carbocycles. The Morgan fingerprint density at radius 3 is 2.64 bits per heavy atom. The van der Waals surface area contributed by atoms with Crippen molar-refractivity contribution in [2.75, 3.05) is 6.54 Å². The van der Waals surface area contributed by atoms with Gasteiger partial charge in [-0.25, -0.2) is 4.98 Å². The Kier molecular flexibility index (Phi) is 6.80. The number of aryl methyl sites for hydroxylation is 1. The van der Waals surface area contributed by atoms with E-state index in [4.69, 9.17) is 4.98 Å². The van der Waals surface area contributed by atoms with Gasteiger partial charge in [-0.3, -0.25) is 4.79 Å². The Labute approximate surface area is 168 Å². The van der Waals surface area contributed by atoms with Crippen LogP contribution in [-0.4, -0.2) is 17.4 Å². The van der Waals surface area contributed by atoms with Gasteiger partial charge in [-0.2, -0.15) is 0 Å². The molecule has 0 bridgehead atoms. The van der Waals surface area contributed by atoms with Crippen LogP contribution in [0, 0.1) is 12.8 Å². The summed E-state index contributed by atoms with van der Waals surface area (Å²) < 4.78 is 0. The summed E-state index contributed by atoms with van der Waals surface area (Å²) in [6, 6.07) is 18.1. The fourth-order valence-corrected chi connectivity index (χ4v) is 3.59. The van der Waals surface area contributed by atoms with Crippen molar-refractivity contribution >= 4 is 16.8 Å². The van der Waals surface area contributed by atoms with Crippen LogP contribution in [-0.2, 0) is 0 Å². The Morgan fingerprint density at radius 2 is 1.89 bits per heavy atom. The molecule has 3 heteroatoms. The van der Waals surface area contributed by atoms with Gasteiger partial charge in [-0.05, 0) is 37.5 Å². The third-order valence-corrected chi connectivity index (χ3v) is 5.37. The molecule has 0 fully saturated rings. The first-order valence-corrected chi connectivity index (χ1v) is 10.4. The minimum absolute atomic E-state index is 0.0116. The first-order valence-electron chi connectivity index (χ1n) is 10.4. The summed E-state index contributed by atoms with van der Waals surface area (Å²) >= 11 is 0. The van der Waals surface area contributed by atoms with Crippen LogP contribution in [0.2, 0.25) is 0 Å². The summed E-state index contributed by atoms with van der Waals surface area (Å²) in [5.74, 6) is 0.524. The number of fused-ring (bicyclic) bond motifs is 1. The average Bonchev–Trinajstić information content (AvgIpc) is 2.73. The molecule has 1 atom stereocenters. The molecule has 0 radical (unpaired) electrons. The van der Waals surface area contributed by atoms with Crippen LogP contribution in [0.1, 0.15) is 55.5 Å². The summed E-state index contributed by atoms with van der Waals surface area (Å²) in [5, 5.41) is 4.08. The highest BCUT2D eigenvalue weighted by Crippen LogP contribution is 2.25. The maximum Gasteiger partial charge on any atom is 0.252 e. The van der Waals surface area contributed by atoms with E-state index in [1.807, 2.05) is 42.5 Å². The number of nitrogens with one attached hydrogen (secondary N) is 1. The first-order chi connectivity index (χ1) is 13.6. The number of para-hydroxylation sites is 1. The summed E-state index contributed by atoms with van der Waals surface area (Å²) in [4.78, 5) is 17.9. The third-order valence-electron chi connectivity index (χ3n) is 5.37. The normalized spacial score (nSPS) is 12.1. The molecule has 0 spiro atoms. The lowest BCUT2D eigenvalue weighted by Gasteiger charge is -2.16. The van der Waals surface area contributed by atoms with E-state index in [0.29, 0.717) is 11.5 Å². The van der Waals surface area contributed by atoms with Gasteiger partial charge in [0.1, 0.15) is 0 Å². The minimum Gasteiger partial charge on any atom is -0.352 e. The van der Waals surface area contributed by atoms with E-state index < -0.39 is 0 Å². The van der Waals surface area contributed by atoms with Crippen LogP contribution >= 0.6 is 0 Å². The van der Waals surface area contributed by atoms with E-state index >= 15 is 0 Å². The molecule has 0 aliphatic carbocycles. The maximum absolute atomic E-state index is 13.1. The molecule has 1 unspecified atom stereocenters. The molecule has 0 aliphatic rings. The fraction of sp³-hybridized carbons (Fsp3) is 0.360. The van der Waals surface area contributed by atoms with E-state index in [2.05, 4.69) is 38.2 Å². The van der Waals surface area contributed by atoms with Crippen LogP contribution < -0.4 is 5.32 Å². The van der Waals surface area contributed by atoms with Crippen LogP contribution in [0.5, 0.6) is 0 Å². The predicted octanol–water partition coefficient (Wildman–Crippen LogP) is 6.16. The van der Waals surface area contributed by atoms with E-state index in [1.54, 1.807) is 0 Å². The van der Waals surface area contributed by atoms with Crippen LogP contribution in [0.4, 0.5) is 0 Å². The van der Waals surface area contributed by atoms with Gasteiger partial charge < -0.3 is 5.32 Å². The van der Waals surface area contributed by atoms with Crippen molar-refractivity contribution in [1.82, 2.24) is 10.3 Å². The van der Waals surface area contributed by atoms with E-state index in [1.165, 1.54) is 24.8 Å². The summed E-state index contributed by atoms with van der Waals surface area (Å²) in [6.45, 7) is 7.20. The van der Waals surface area contributed by atoms with Crippen LogP contribution in [0.25, 0.3) is 22.2 Å². The second-order valence-electron chi connectivity index (χ2n) is 7.57. The van der Waals surface area contributed by atoms with Crippen LogP contribution in [0.3, 0.4) is 0 Å². The smallest absolute Gasteiger partial charge is 0.252 e. The number of carbonyl (C=O) groups is 1. The first kappa shape index (κ1) is 20.1. The zero-order valence-corrected chi connectivity index (χ0v) is 17.2. The largest absolute Gasteiger partial charge is 0.352 e. The molecule has 3 nitrogen and oxygen atoms in total. The number of aromatic nitrogens is 1. The molecule has 0 aliphatic heterocycles. The molecule has 3 aromatic rings. The molecule has 1 aromatic heterocycles. The molecular formula is C25H30N2O. The number of nitrogens with zero attached hydrogens (tertiary/aromatic N) is 1. The van der Waals surface area contributed by atoms with Gasteiger partial charge in [0.05, 0.1) is 16.8 Å². The quantitative estimate of drug-likeness (QED) is 0.513. The Morgan fingerprint density at radius 1 is 1.07 bits per heavy atom. The van der Waals surface area contributed by atoms with Gasteiger partial charge >= 0.3 is 0 Å². The zero-order chi connectivity index (χ0) is 19.9. The highest BCUT2D eigenvalue weighted by molar-refractivity contribution is 6.07. The van der Waals surface area contributed by atoms with Crippen molar-refractivity contribution in [3.8, 4) is 11.3 Å². The van der Waals surface area contributed by atoms with Crippen molar-refractivity contribution in [2.24, 2.45) is 5.92 Å². The number of hydrogen-bond donors (Lipinski definition) is 1. The van der Waals surface area contributed by atoms with Gasteiger partial charge in [0.25, 0.3) is 5.91 Å². The molecule has 0 saturated carbocycles. The van der Waals surface area contributed by atoms with Crippen molar-refractivity contribution in [3.63, 3.8) is 0 Å². The summed E-state index contributed by atoms with van der Waals surface area (Å²) in [6.07, 6.45) is 4.66. The molecule has 1 heterocycles. The molecule has 1 N–H and O–H groups in total. The molecule has 0 saturated heterocycles. The molecule has 28 heavy (non-hydrogen) atoms. The standard InChI is InChI=1S/C25H30N2O/c1-4-6-11-19(5-2)17-26-25(28)22-16-24(20-12-9-10-18(3)15-20)27-23-14-8-7-13-21(22)23/h7-10,12-16,19H,4-6,11,17H2,1-3H3,(H,26,28). The van der Waals surface area contributed by atoms with Gasteiger partial charge in [-0.1, -0.05) is 75.1 Å². The third kappa shape index (κ3) is 4.78. The van der Waals surface area contributed by atoms with E-state index in [-0.39, 0.29) is 5.91 Å². The van der Waals surface area contributed by atoms with Gasteiger partial charge in [-0.15, -0.1) is 0 Å². The lowest BCUT2D eigenvalue weighted by Crippen LogP contribution is -2.29. The predicted molar refractivity (Wildman–Crippen MR) is 118 cm³/mol. The zero-order valence-electron chi connectivity index (χ0n) is 17.2. The monoisotopic (exact) mass is 374 g/mol. The topological polar surface area (TPSA) is 42.0 Å². The number of carbonyl (C=O) groups excluding carboxylic acids is 1. The number of benzene rings is 2. The van der Waals surface area contributed by atoms with E-state index in [0.717, 1.165) is 35.1 Å². The highest BCUT2D eigenvalue weighted by Gasteiger charge is 2.15. The Hall–Kier alpha value is -2.68. The lowest BCUT2D eigenvalue weighted by molar-refractivity contribution is 0.0947. The second-order valence-corrected chi connectivity index (χ2v) is 7.57. The van der Waals surface area contributed by atoms with Crippen molar-refractivity contribution in [1.29, 1.82) is 0 Å². The van der Waals surface area contributed by atoms with Crippen LogP contribution in [0.15, 0.2) is 54.6 Å². The summed E-state index contributed by atoms with van der Waals surface area (Å²) in [5.41, 5.74) is 4.61. The van der Waals surface area contributed by atoms with Gasteiger partial charge in [0, 0.05) is 17.5 Å². The van der Waals surface area contributed by atoms with Gasteiger partial charge in [0.15, 0.2) is 0 Å². The molecular weight excluding hydrogens is 344 g/mol. The number of pyridine rings is 1. The SMILES string of the molecule is CCCCC(CC)CNC(=O)c1cc(-c2cccc(C)c2)nc2ccccc12.